The molecule has 0 saturated carbocycles. The normalized spacial score (nSPS) is 26.8. The number of nitro groups is 1. The maximum Gasteiger partial charge on any atom is 0.269 e. The number of rotatable bonds is 3. The van der Waals surface area contributed by atoms with Crippen molar-refractivity contribution in [2.45, 2.75) is 18.2 Å². The summed E-state index contributed by atoms with van der Waals surface area (Å²) in [6.45, 7) is 0. The van der Waals surface area contributed by atoms with E-state index in [4.69, 9.17) is 10.5 Å². The fraction of sp³-hybridized carbons (Fsp3) is 0.211. The number of benzene rings is 2. The van der Waals surface area contributed by atoms with E-state index in [1.807, 2.05) is 30.3 Å². The molecule has 8 heteroatoms. The number of fused-ring (bicyclic) bond motifs is 1. The Morgan fingerprint density at radius 3 is 2.41 bits per heavy atom. The first-order valence-electron chi connectivity index (χ1n) is 8.47. The Kier molecular flexibility index (Phi) is 4.24. The van der Waals surface area contributed by atoms with Crippen LogP contribution in [0.15, 0.2) is 66.1 Å². The minimum Gasteiger partial charge on any atom is -0.458 e. The molecule has 0 aliphatic carbocycles. The monoisotopic (exact) mass is 363 g/mol. The van der Waals surface area contributed by atoms with E-state index in [0.717, 1.165) is 11.1 Å². The summed E-state index contributed by atoms with van der Waals surface area (Å²) in [7, 11) is 0. The van der Waals surface area contributed by atoms with Crippen molar-refractivity contribution in [1.82, 2.24) is 10.9 Å². The van der Waals surface area contributed by atoms with Crippen LogP contribution in [0.1, 0.15) is 23.1 Å². The highest BCUT2D eigenvalue weighted by molar-refractivity contribution is 5.45. The van der Waals surface area contributed by atoms with Crippen LogP contribution in [0.4, 0.5) is 5.69 Å². The number of nitrogens with one attached hydrogen (secondary N) is 2. The van der Waals surface area contributed by atoms with E-state index in [9.17, 15) is 15.4 Å². The van der Waals surface area contributed by atoms with Gasteiger partial charge in [-0.15, -0.1) is 0 Å². The first-order chi connectivity index (χ1) is 13.1. The number of nitro benzene ring substituents is 1. The van der Waals surface area contributed by atoms with Gasteiger partial charge in [0.15, 0.2) is 6.23 Å². The second kappa shape index (κ2) is 6.72. The largest absolute Gasteiger partial charge is 0.458 e. The molecular weight excluding hydrogens is 346 g/mol. The third-order valence-corrected chi connectivity index (χ3v) is 5.07. The second-order valence-electron chi connectivity index (χ2n) is 6.51. The Balaban J connectivity index is 1.80. The Hall–Kier alpha value is -3.41. The first-order valence-corrected chi connectivity index (χ1v) is 8.47. The molecule has 0 spiro atoms. The van der Waals surface area contributed by atoms with Gasteiger partial charge in [0.05, 0.1) is 16.5 Å². The van der Waals surface area contributed by atoms with E-state index >= 15 is 0 Å². The van der Waals surface area contributed by atoms with Crippen LogP contribution in [0.3, 0.4) is 0 Å². The highest BCUT2D eigenvalue weighted by Gasteiger charge is 2.49. The average molecular weight is 363 g/mol. The lowest BCUT2D eigenvalue weighted by Gasteiger charge is -2.35. The van der Waals surface area contributed by atoms with Crippen molar-refractivity contribution in [2.75, 3.05) is 0 Å². The van der Waals surface area contributed by atoms with E-state index in [2.05, 4.69) is 16.9 Å². The van der Waals surface area contributed by atoms with Crippen molar-refractivity contribution < 1.29 is 9.66 Å². The lowest BCUT2D eigenvalue weighted by atomic mass is 9.74. The smallest absolute Gasteiger partial charge is 0.269 e. The number of non-ortho nitro benzene ring substituents is 1. The van der Waals surface area contributed by atoms with Gasteiger partial charge in [-0.25, -0.2) is 10.9 Å². The number of hydrogen-bond acceptors (Lipinski definition) is 7. The fourth-order valence-electron chi connectivity index (χ4n) is 3.84. The second-order valence-corrected chi connectivity index (χ2v) is 6.51. The number of ether oxygens (including phenoxy) is 1. The summed E-state index contributed by atoms with van der Waals surface area (Å²) in [5, 5.41) is 20.7. The predicted molar refractivity (Wildman–Crippen MR) is 96.5 cm³/mol. The SMILES string of the molecule is N#CC1=C(N)OC2NNC(c3ccccc3)C2C1c1ccc([N+](=O)[O-])cc1. The standard InChI is InChI=1S/C19H17N5O3/c20-10-14-15(11-6-8-13(9-7-11)24(25)26)16-17(12-4-2-1-3-5-12)22-23-19(16)27-18(14)21/h1-9,15-17,19,22-23H,21H2. The minimum atomic E-state index is -0.447. The van der Waals surface area contributed by atoms with Crippen molar-refractivity contribution in [3.8, 4) is 6.07 Å². The lowest BCUT2D eigenvalue weighted by molar-refractivity contribution is -0.384. The Morgan fingerprint density at radius 2 is 1.78 bits per heavy atom. The van der Waals surface area contributed by atoms with Gasteiger partial charge in [-0.3, -0.25) is 10.1 Å². The maximum atomic E-state index is 11.0. The molecule has 27 heavy (non-hydrogen) atoms. The zero-order valence-electron chi connectivity index (χ0n) is 14.2. The van der Waals surface area contributed by atoms with E-state index in [1.165, 1.54) is 12.1 Å². The molecule has 0 radical (unpaired) electrons. The molecule has 1 saturated heterocycles. The molecule has 0 amide bonds. The van der Waals surface area contributed by atoms with Gasteiger partial charge < -0.3 is 10.5 Å². The zero-order valence-corrected chi connectivity index (χ0v) is 14.2. The van der Waals surface area contributed by atoms with Gasteiger partial charge in [0, 0.05) is 24.0 Å². The quantitative estimate of drug-likeness (QED) is 0.563. The van der Waals surface area contributed by atoms with Gasteiger partial charge in [-0.05, 0) is 11.1 Å². The fourth-order valence-corrected chi connectivity index (χ4v) is 3.84. The molecular formula is C19H17N5O3. The van der Waals surface area contributed by atoms with Gasteiger partial charge in [-0.2, -0.15) is 5.26 Å². The van der Waals surface area contributed by atoms with E-state index in [0.29, 0.717) is 5.57 Å². The number of hydrogen-bond donors (Lipinski definition) is 3. The summed E-state index contributed by atoms with van der Waals surface area (Å²) in [5.41, 5.74) is 14.5. The maximum absolute atomic E-state index is 11.0. The van der Waals surface area contributed by atoms with Gasteiger partial charge in [0.2, 0.25) is 5.88 Å². The molecule has 2 aliphatic rings. The number of nitrogens with zero attached hydrogens (tertiary/aromatic N) is 2. The topological polar surface area (TPSA) is 126 Å². The van der Waals surface area contributed by atoms with Crippen molar-refractivity contribution in [2.24, 2.45) is 11.7 Å². The lowest BCUT2D eigenvalue weighted by Crippen LogP contribution is -2.40. The van der Waals surface area contributed by atoms with E-state index < -0.39 is 11.2 Å². The molecule has 2 aromatic carbocycles. The predicted octanol–water partition coefficient (Wildman–Crippen LogP) is 2.19. The Morgan fingerprint density at radius 1 is 1.07 bits per heavy atom. The highest BCUT2D eigenvalue weighted by atomic mass is 16.6. The summed E-state index contributed by atoms with van der Waals surface area (Å²) in [6, 6.07) is 18.1. The molecule has 2 heterocycles. The van der Waals surface area contributed by atoms with Crippen molar-refractivity contribution in [3.63, 3.8) is 0 Å². The molecule has 0 bridgehead atoms. The first kappa shape index (κ1) is 17.0. The van der Waals surface area contributed by atoms with Crippen LogP contribution in [-0.4, -0.2) is 11.2 Å². The van der Waals surface area contributed by atoms with Gasteiger partial charge in [-0.1, -0.05) is 42.5 Å². The molecule has 8 nitrogen and oxygen atoms in total. The molecule has 4 rings (SSSR count). The molecule has 0 aromatic heterocycles. The minimum absolute atomic E-state index is 0.0000925. The van der Waals surface area contributed by atoms with Crippen molar-refractivity contribution in [3.05, 3.63) is 87.3 Å². The molecule has 136 valence electrons. The van der Waals surface area contributed by atoms with Crippen LogP contribution in [-0.2, 0) is 4.74 Å². The summed E-state index contributed by atoms with van der Waals surface area (Å²) in [6.07, 6.45) is -0.424. The average Bonchev–Trinajstić information content (AvgIpc) is 3.11. The summed E-state index contributed by atoms with van der Waals surface area (Å²) >= 11 is 0. The number of nitriles is 1. The number of nitrogens with two attached hydrogens (primary N) is 1. The summed E-state index contributed by atoms with van der Waals surface area (Å²) in [4.78, 5) is 10.5. The van der Waals surface area contributed by atoms with Crippen LogP contribution >= 0.6 is 0 Å². The third-order valence-electron chi connectivity index (χ3n) is 5.07. The van der Waals surface area contributed by atoms with Gasteiger partial charge >= 0.3 is 0 Å². The van der Waals surface area contributed by atoms with Crippen molar-refractivity contribution in [1.29, 1.82) is 5.26 Å². The van der Waals surface area contributed by atoms with Gasteiger partial charge in [0.1, 0.15) is 6.07 Å². The number of allylic oxidation sites excluding steroid dienone is 1. The molecule has 2 aliphatic heterocycles. The van der Waals surface area contributed by atoms with Gasteiger partial charge in [0.25, 0.3) is 5.69 Å². The third kappa shape index (κ3) is 2.89. The van der Waals surface area contributed by atoms with Crippen LogP contribution in [0, 0.1) is 27.4 Å². The van der Waals surface area contributed by atoms with E-state index in [-0.39, 0.29) is 29.4 Å². The summed E-state index contributed by atoms with van der Waals surface area (Å²) in [5.74, 6) is -0.441. The molecule has 2 aromatic rings. The van der Waals surface area contributed by atoms with Crippen molar-refractivity contribution >= 4 is 5.69 Å². The molecule has 4 N–H and O–H groups in total. The van der Waals surface area contributed by atoms with Crippen LogP contribution in [0.25, 0.3) is 0 Å². The van der Waals surface area contributed by atoms with E-state index in [1.54, 1.807) is 12.1 Å². The van der Waals surface area contributed by atoms with Crippen LogP contribution in [0.2, 0.25) is 0 Å². The van der Waals surface area contributed by atoms with Crippen LogP contribution in [0.5, 0.6) is 0 Å². The molecule has 4 unspecified atom stereocenters. The molecule has 4 atom stereocenters. The Bertz CT molecular complexity index is 936. The number of hydrazine groups is 1. The van der Waals surface area contributed by atoms with Crippen LogP contribution < -0.4 is 16.6 Å². The summed E-state index contributed by atoms with van der Waals surface area (Å²) < 4.78 is 5.73. The molecule has 1 fully saturated rings. The highest BCUT2D eigenvalue weighted by Crippen LogP contribution is 2.47. The zero-order chi connectivity index (χ0) is 19.0. The Labute approximate surface area is 155 Å².